The van der Waals surface area contributed by atoms with Gasteiger partial charge in [0.25, 0.3) is 0 Å². The van der Waals surface area contributed by atoms with Gasteiger partial charge in [-0.1, -0.05) is 0 Å². The lowest BCUT2D eigenvalue weighted by Gasteiger charge is -2.14. The highest BCUT2D eigenvalue weighted by atomic mass is 19.4. The zero-order valence-electron chi connectivity index (χ0n) is 15.4. The summed E-state index contributed by atoms with van der Waals surface area (Å²) in [6.45, 7) is 0.0151. The normalized spacial score (nSPS) is 11.7. The smallest absolute Gasteiger partial charge is 0.416 e. The molecule has 0 heterocycles. The summed E-state index contributed by atoms with van der Waals surface area (Å²) < 4.78 is 95.6. The number of hydrogen-bond donors (Lipinski definition) is 1. The van der Waals surface area contributed by atoms with E-state index in [1.807, 2.05) is 0 Å². The van der Waals surface area contributed by atoms with Gasteiger partial charge in [0, 0.05) is 12.6 Å². The van der Waals surface area contributed by atoms with E-state index >= 15 is 0 Å². The molecule has 0 spiro atoms. The quantitative estimate of drug-likeness (QED) is 0.400. The molecule has 1 N–H and O–H groups in total. The summed E-state index contributed by atoms with van der Waals surface area (Å²) in [6, 6.07) is 3.05. The Balaban J connectivity index is 2.20. The number of nitrogens with one attached hydrogen (secondary N) is 1. The van der Waals surface area contributed by atoms with E-state index in [1.165, 1.54) is 6.07 Å². The van der Waals surface area contributed by atoms with Crippen LogP contribution >= 0.6 is 0 Å². The van der Waals surface area contributed by atoms with E-state index < -0.39 is 64.7 Å². The van der Waals surface area contributed by atoms with Crippen LogP contribution in [0.1, 0.15) is 38.8 Å². The molecule has 31 heavy (non-hydrogen) atoms. The monoisotopic (exact) mass is 451 g/mol. The number of Topliss-reactive ketones (excluding diaryl/α,β-unsaturated/α-hetero) is 1. The zero-order chi connectivity index (χ0) is 23.6. The summed E-state index contributed by atoms with van der Waals surface area (Å²) in [5, 5.41) is 2.26. The standard InChI is InChI=1S/C19H12F7NO4/c1-9(28)27-13-2-3-14(15(20)7-13)16(29)8-31-17(30)10-4-11(18(21,22)23)6-12(5-10)19(24,25)26/h2-7H,8H2,1H3,(H,27,28). The predicted octanol–water partition coefficient (Wildman–Crippen LogP) is 4.86. The topological polar surface area (TPSA) is 72.5 Å². The third-order valence-corrected chi connectivity index (χ3v) is 3.75. The molecule has 0 aliphatic heterocycles. The van der Waals surface area contributed by atoms with Gasteiger partial charge in [-0.05, 0) is 36.4 Å². The highest BCUT2D eigenvalue weighted by molar-refractivity contribution is 6.00. The van der Waals surface area contributed by atoms with Crippen LogP contribution in [-0.2, 0) is 21.9 Å². The third kappa shape index (κ3) is 6.27. The van der Waals surface area contributed by atoms with Gasteiger partial charge in [0.1, 0.15) is 5.82 Å². The SMILES string of the molecule is CC(=O)Nc1ccc(C(=O)COC(=O)c2cc(C(F)(F)F)cc(C(F)(F)F)c2)c(F)c1. The molecule has 2 aromatic rings. The molecule has 0 aliphatic rings. The maximum absolute atomic E-state index is 14.0. The molecule has 0 unspecified atom stereocenters. The van der Waals surface area contributed by atoms with Crippen molar-refractivity contribution in [2.45, 2.75) is 19.3 Å². The summed E-state index contributed by atoms with van der Waals surface area (Å²) in [7, 11) is 0. The lowest BCUT2D eigenvalue weighted by molar-refractivity contribution is -0.143. The molecule has 0 saturated heterocycles. The van der Waals surface area contributed by atoms with Crippen molar-refractivity contribution in [3.63, 3.8) is 0 Å². The van der Waals surface area contributed by atoms with Gasteiger partial charge >= 0.3 is 18.3 Å². The molecule has 2 rings (SSSR count). The Bertz CT molecular complexity index is 997. The van der Waals surface area contributed by atoms with Gasteiger partial charge < -0.3 is 10.1 Å². The van der Waals surface area contributed by atoms with E-state index in [4.69, 9.17) is 0 Å². The Kier molecular flexibility index (Phi) is 6.72. The van der Waals surface area contributed by atoms with Crippen LogP contribution in [0.3, 0.4) is 0 Å². The number of alkyl halides is 6. The second-order valence-corrected chi connectivity index (χ2v) is 6.17. The van der Waals surface area contributed by atoms with Crippen LogP contribution in [-0.4, -0.2) is 24.3 Å². The molecule has 12 heteroatoms. The molecule has 5 nitrogen and oxygen atoms in total. The molecule has 166 valence electrons. The fourth-order valence-corrected chi connectivity index (χ4v) is 2.39. The van der Waals surface area contributed by atoms with Crippen molar-refractivity contribution >= 4 is 23.3 Å². The minimum atomic E-state index is -5.18. The fraction of sp³-hybridized carbons (Fsp3) is 0.211. The molecular formula is C19H12F7NO4. The van der Waals surface area contributed by atoms with E-state index in [0.717, 1.165) is 19.1 Å². The molecule has 0 aliphatic carbocycles. The number of ether oxygens (including phenoxy) is 1. The first-order chi connectivity index (χ1) is 14.2. The number of amides is 1. The number of hydrogen-bond acceptors (Lipinski definition) is 4. The average molecular weight is 451 g/mol. The summed E-state index contributed by atoms with van der Waals surface area (Å²) in [5.74, 6) is -4.35. The van der Waals surface area contributed by atoms with E-state index in [1.54, 1.807) is 0 Å². The fourth-order valence-electron chi connectivity index (χ4n) is 2.39. The highest BCUT2D eigenvalue weighted by Crippen LogP contribution is 2.36. The van der Waals surface area contributed by atoms with Gasteiger partial charge in [0.15, 0.2) is 6.61 Å². The Morgan fingerprint density at radius 1 is 0.903 bits per heavy atom. The molecule has 2 aromatic carbocycles. The molecule has 1 amide bonds. The molecule has 0 radical (unpaired) electrons. The first kappa shape index (κ1) is 23.8. The first-order valence-corrected chi connectivity index (χ1v) is 8.25. The predicted molar refractivity (Wildman–Crippen MR) is 91.8 cm³/mol. The van der Waals surface area contributed by atoms with Crippen molar-refractivity contribution in [2.24, 2.45) is 0 Å². The van der Waals surface area contributed by atoms with Crippen molar-refractivity contribution in [2.75, 3.05) is 11.9 Å². The van der Waals surface area contributed by atoms with Crippen molar-refractivity contribution in [3.05, 3.63) is 64.5 Å². The van der Waals surface area contributed by atoms with Gasteiger partial charge in [-0.3, -0.25) is 9.59 Å². The van der Waals surface area contributed by atoms with Crippen molar-refractivity contribution in [3.8, 4) is 0 Å². The van der Waals surface area contributed by atoms with E-state index in [9.17, 15) is 45.1 Å². The largest absolute Gasteiger partial charge is 0.454 e. The van der Waals surface area contributed by atoms with Gasteiger partial charge in [0.2, 0.25) is 11.7 Å². The Morgan fingerprint density at radius 3 is 1.90 bits per heavy atom. The number of carbonyl (C=O) groups excluding carboxylic acids is 3. The summed E-state index contributed by atoms with van der Waals surface area (Å²) in [6.07, 6.45) is -10.4. The minimum absolute atomic E-state index is 0.0298. The Labute approximate surface area is 169 Å². The van der Waals surface area contributed by atoms with Crippen LogP contribution in [0.4, 0.5) is 36.4 Å². The number of esters is 1. The summed E-state index contributed by atoms with van der Waals surface area (Å²) in [5.41, 5.74) is -5.10. The van der Waals surface area contributed by atoms with Crippen LogP contribution in [0.15, 0.2) is 36.4 Å². The Morgan fingerprint density at radius 2 is 1.45 bits per heavy atom. The van der Waals surface area contributed by atoms with Crippen molar-refractivity contribution in [1.29, 1.82) is 0 Å². The van der Waals surface area contributed by atoms with E-state index in [-0.39, 0.29) is 23.9 Å². The number of ketones is 1. The summed E-state index contributed by atoms with van der Waals surface area (Å²) >= 11 is 0. The van der Waals surface area contributed by atoms with Gasteiger partial charge in [-0.2, -0.15) is 26.3 Å². The van der Waals surface area contributed by atoms with Gasteiger partial charge in [-0.25, -0.2) is 9.18 Å². The van der Waals surface area contributed by atoms with Crippen LogP contribution in [0.5, 0.6) is 0 Å². The number of rotatable bonds is 5. The summed E-state index contributed by atoms with van der Waals surface area (Å²) in [4.78, 5) is 34.9. The Hall–Kier alpha value is -3.44. The van der Waals surface area contributed by atoms with Crippen molar-refractivity contribution in [1.82, 2.24) is 0 Å². The molecule has 0 atom stereocenters. The van der Waals surface area contributed by atoms with E-state index in [2.05, 4.69) is 10.1 Å². The third-order valence-electron chi connectivity index (χ3n) is 3.75. The molecule has 0 bridgehead atoms. The molecular weight excluding hydrogens is 439 g/mol. The highest BCUT2D eigenvalue weighted by Gasteiger charge is 2.37. The lowest BCUT2D eigenvalue weighted by Crippen LogP contribution is -2.18. The maximum atomic E-state index is 14.0. The average Bonchev–Trinajstić information content (AvgIpc) is 2.63. The second-order valence-electron chi connectivity index (χ2n) is 6.17. The number of anilines is 1. The van der Waals surface area contributed by atoms with Gasteiger partial charge in [0.05, 0.1) is 22.3 Å². The lowest BCUT2D eigenvalue weighted by atomic mass is 10.0. The molecule has 0 aromatic heterocycles. The minimum Gasteiger partial charge on any atom is -0.454 e. The van der Waals surface area contributed by atoms with E-state index in [0.29, 0.717) is 0 Å². The number of benzene rings is 2. The van der Waals surface area contributed by atoms with Crippen LogP contribution in [0.2, 0.25) is 0 Å². The number of carbonyl (C=O) groups is 3. The van der Waals surface area contributed by atoms with Gasteiger partial charge in [-0.15, -0.1) is 0 Å². The second kappa shape index (κ2) is 8.74. The maximum Gasteiger partial charge on any atom is 0.416 e. The first-order valence-electron chi connectivity index (χ1n) is 8.25. The number of halogens is 7. The van der Waals surface area contributed by atoms with Crippen LogP contribution < -0.4 is 5.32 Å². The zero-order valence-corrected chi connectivity index (χ0v) is 15.4. The van der Waals surface area contributed by atoms with Crippen molar-refractivity contribution < 1.29 is 49.9 Å². The molecule has 0 saturated carbocycles. The van der Waals surface area contributed by atoms with Crippen LogP contribution in [0.25, 0.3) is 0 Å². The van der Waals surface area contributed by atoms with Crippen LogP contribution in [0, 0.1) is 5.82 Å². The molecule has 0 fully saturated rings.